The van der Waals surface area contributed by atoms with Gasteiger partial charge in [-0.25, -0.2) is 4.79 Å². The third-order valence-electron chi connectivity index (χ3n) is 4.07. The van der Waals surface area contributed by atoms with E-state index in [9.17, 15) is 9.59 Å². The third kappa shape index (κ3) is 2.67. The summed E-state index contributed by atoms with van der Waals surface area (Å²) in [5.74, 6) is -1.05. The number of carbonyl (C=O) groups is 2. The smallest absolute Gasteiger partial charge is 0.336 e. The number of hydrogen-bond acceptors (Lipinski definition) is 3. The molecular weight excluding hydrogens is 256 g/mol. The van der Waals surface area contributed by atoms with Crippen LogP contribution in [0.1, 0.15) is 41.3 Å². The summed E-state index contributed by atoms with van der Waals surface area (Å²) in [7, 11) is 0. The van der Waals surface area contributed by atoms with Crippen LogP contribution in [0.2, 0.25) is 0 Å². The van der Waals surface area contributed by atoms with Crippen LogP contribution in [0.3, 0.4) is 0 Å². The van der Waals surface area contributed by atoms with E-state index in [0.717, 1.165) is 18.4 Å². The van der Waals surface area contributed by atoms with Gasteiger partial charge in [0.2, 0.25) is 5.91 Å². The molecule has 0 aromatic heterocycles. The van der Waals surface area contributed by atoms with Crippen molar-refractivity contribution in [1.82, 2.24) is 0 Å². The molecule has 1 fully saturated rings. The molecule has 2 rings (SSSR count). The van der Waals surface area contributed by atoms with Crippen molar-refractivity contribution in [3.63, 3.8) is 0 Å². The zero-order valence-corrected chi connectivity index (χ0v) is 12.0. The number of rotatable bonds is 4. The highest BCUT2D eigenvalue weighted by atomic mass is 16.4. The van der Waals surface area contributed by atoms with Gasteiger partial charge in [0.1, 0.15) is 0 Å². The van der Waals surface area contributed by atoms with Gasteiger partial charge in [0.25, 0.3) is 0 Å². The molecule has 1 atom stereocenters. The Bertz CT molecular complexity index is 575. The number of nitrogens with two attached hydrogens (primary N) is 1. The van der Waals surface area contributed by atoms with E-state index in [1.54, 1.807) is 19.9 Å². The van der Waals surface area contributed by atoms with E-state index in [-0.39, 0.29) is 17.4 Å². The lowest BCUT2D eigenvalue weighted by Crippen LogP contribution is -2.50. The summed E-state index contributed by atoms with van der Waals surface area (Å²) in [6.45, 7) is 5.29. The Kier molecular flexibility index (Phi) is 3.56. The lowest BCUT2D eigenvalue weighted by molar-refractivity contribution is -0.121. The summed E-state index contributed by atoms with van der Waals surface area (Å²) in [5, 5.41) is 11.9. The molecule has 5 nitrogen and oxygen atoms in total. The number of nitrogens with one attached hydrogen (secondary N) is 1. The predicted octanol–water partition coefficient (Wildman–Crippen LogP) is 2.07. The second kappa shape index (κ2) is 4.90. The molecule has 1 aliphatic carbocycles. The van der Waals surface area contributed by atoms with Gasteiger partial charge in [0, 0.05) is 5.69 Å². The molecule has 5 heteroatoms. The van der Waals surface area contributed by atoms with Gasteiger partial charge in [-0.15, -0.1) is 0 Å². The Balaban J connectivity index is 2.25. The van der Waals surface area contributed by atoms with Crippen molar-refractivity contribution in [2.45, 2.75) is 39.2 Å². The van der Waals surface area contributed by atoms with Crippen molar-refractivity contribution in [3.8, 4) is 0 Å². The van der Waals surface area contributed by atoms with Crippen molar-refractivity contribution < 1.29 is 14.7 Å². The number of benzene rings is 1. The highest BCUT2D eigenvalue weighted by molar-refractivity contribution is 5.99. The largest absolute Gasteiger partial charge is 0.478 e. The fourth-order valence-corrected chi connectivity index (χ4v) is 2.29. The molecule has 1 aromatic carbocycles. The number of amides is 1. The average Bonchev–Trinajstić information content (AvgIpc) is 3.17. The number of hydrogen-bond donors (Lipinski definition) is 3. The summed E-state index contributed by atoms with van der Waals surface area (Å²) in [4.78, 5) is 23.4. The Labute approximate surface area is 118 Å². The van der Waals surface area contributed by atoms with Crippen LogP contribution < -0.4 is 11.1 Å². The first-order valence-electron chi connectivity index (χ1n) is 6.68. The average molecular weight is 276 g/mol. The second-order valence-electron chi connectivity index (χ2n) is 5.78. The van der Waals surface area contributed by atoms with E-state index in [1.807, 2.05) is 6.92 Å². The van der Waals surface area contributed by atoms with E-state index < -0.39 is 11.5 Å². The van der Waals surface area contributed by atoms with Gasteiger partial charge in [0.05, 0.1) is 11.1 Å². The molecule has 0 bridgehead atoms. The van der Waals surface area contributed by atoms with Crippen LogP contribution in [0.15, 0.2) is 12.1 Å². The standard InChI is InChI=1S/C15H20N2O3/c1-8-6-11(7-12(9(8)2)13(18)19)17-14(20)15(3,16)10-4-5-10/h6-7,10H,4-5,16H2,1-3H3,(H,17,20)(H,18,19). The molecule has 1 unspecified atom stereocenters. The van der Waals surface area contributed by atoms with Crippen molar-refractivity contribution >= 4 is 17.6 Å². The van der Waals surface area contributed by atoms with Crippen LogP contribution in [0, 0.1) is 19.8 Å². The molecule has 1 saturated carbocycles. The zero-order valence-electron chi connectivity index (χ0n) is 12.0. The topological polar surface area (TPSA) is 92.4 Å². The summed E-state index contributed by atoms with van der Waals surface area (Å²) < 4.78 is 0. The van der Waals surface area contributed by atoms with Gasteiger partial charge in [0.15, 0.2) is 0 Å². The van der Waals surface area contributed by atoms with Crippen molar-refractivity contribution in [2.24, 2.45) is 11.7 Å². The van der Waals surface area contributed by atoms with Gasteiger partial charge in [-0.2, -0.15) is 0 Å². The maximum atomic E-state index is 12.2. The van der Waals surface area contributed by atoms with E-state index in [2.05, 4.69) is 5.32 Å². The minimum Gasteiger partial charge on any atom is -0.478 e. The van der Waals surface area contributed by atoms with E-state index >= 15 is 0 Å². The molecule has 0 aliphatic heterocycles. The number of carboxylic acid groups (broad SMARTS) is 1. The number of carbonyl (C=O) groups excluding carboxylic acids is 1. The zero-order chi connectivity index (χ0) is 15.1. The fraction of sp³-hybridized carbons (Fsp3) is 0.467. The van der Waals surface area contributed by atoms with Gasteiger partial charge in [-0.3, -0.25) is 4.79 Å². The van der Waals surface area contributed by atoms with E-state index in [1.165, 1.54) is 6.07 Å². The van der Waals surface area contributed by atoms with E-state index in [0.29, 0.717) is 11.3 Å². The normalized spacial score (nSPS) is 17.4. The minimum atomic E-state index is -1.00. The molecule has 1 aliphatic rings. The number of anilines is 1. The molecule has 0 heterocycles. The predicted molar refractivity (Wildman–Crippen MR) is 76.8 cm³/mol. The number of carboxylic acids is 1. The van der Waals surface area contributed by atoms with Crippen LogP contribution in [0.25, 0.3) is 0 Å². The Hall–Kier alpha value is -1.88. The molecule has 0 radical (unpaired) electrons. The molecule has 4 N–H and O–H groups in total. The van der Waals surface area contributed by atoms with Crippen molar-refractivity contribution in [2.75, 3.05) is 5.32 Å². The molecule has 0 saturated heterocycles. The Morgan fingerprint density at radius 3 is 2.45 bits per heavy atom. The van der Waals surface area contributed by atoms with Gasteiger partial charge < -0.3 is 16.2 Å². The van der Waals surface area contributed by atoms with Crippen LogP contribution in [-0.2, 0) is 4.79 Å². The van der Waals surface area contributed by atoms with Crippen molar-refractivity contribution in [3.05, 3.63) is 28.8 Å². The van der Waals surface area contributed by atoms with Gasteiger partial charge in [-0.1, -0.05) is 0 Å². The van der Waals surface area contributed by atoms with Gasteiger partial charge >= 0.3 is 5.97 Å². The third-order valence-corrected chi connectivity index (χ3v) is 4.07. The quantitative estimate of drug-likeness (QED) is 0.785. The monoisotopic (exact) mass is 276 g/mol. The highest BCUT2D eigenvalue weighted by Gasteiger charge is 2.44. The first-order chi connectivity index (χ1) is 9.23. The van der Waals surface area contributed by atoms with Crippen LogP contribution in [-0.4, -0.2) is 22.5 Å². The van der Waals surface area contributed by atoms with Crippen LogP contribution in [0.5, 0.6) is 0 Å². The number of aromatic carboxylic acids is 1. The molecule has 0 spiro atoms. The summed E-state index contributed by atoms with van der Waals surface area (Å²) in [5.41, 5.74) is 7.36. The van der Waals surface area contributed by atoms with Crippen LogP contribution in [0.4, 0.5) is 5.69 Å². The molecule has 20 heavy (non-hydrogen) atoms. The Morgan fingerprint density at radius 2 is 1.95 bits per heavy atom. The molecular formula is C15H20N2O3. The molecule has 1 aromatic rings. The Morgan fingerprint density at radius 1 is 1.35 bits per heavy atom. The SMILES string of the molecule is Cc1cc(NC(=O)C(C)(N)C2CC2)cc(C(=O)O)c1C. The molecule has 1 amide bonds. The van der Waals surface area contributed by atoms with Gasteiger partial charge in [-0.05, 0) is 62.8 Å². The van der Waals surface area contributed by atoms with Crippen LogP contribution >= 0.6 is 0 Å². The van der Waals surface area contributed by atoms with E-state index in [4.69, 9.17) is 10.8 Å². The number of aryl methyl sites for hydroxylation is 1. The first kappa shape index (κ1) is 14.5. The molecule has 108 valence electrons. The summed E-state index contributed by atoms with van der Waals surface area (Å²) in [6.07, 6.45) is 1.93. The first-order valence-corrected chi connectivity index (χ1v) is 6.68. The second-order valence-corrected chi connectivity index (χ2v) is 5.78. The lowest BCUT2D eigenvalue weighted by atomic mass is 9.95. The highest BCUT2D eigenvalue weighted by Crippen LogP contribution is 2.38. The minimum absolute atomic E-state index is 0.199. The van der Waals surface area contributed by atoms with Crippen molar-refractivity contribution in [1.29, 1.82) is 0 Å². The maximum Gasteiger partial charge on any atom is 0.336 e. The fourth-order valence-electron chi connectivity index (χ4n) is 2.29. The lowest BCUT2D eigenvalue weighted by Gasteiger charge is -2.23. The maximum absolute atomic E-state index is 12.2. The summed E-state index contributed by atoms with van der Waals surface area (Å²) >= 11 is 0. The summed E-state index contributed by atoms with van der Waals surface area (Å²) in [6, 6.07) is 3.24.